The number of carbonyl (C=O) groups is 1. The fourth-order valence-corrected chi connectivity index (χ4v) is 2.15. The van der Waals surface area contributed by atoms with Crippen molar-refractivity contribution < 1.29 is 4.79 Å². The minimum atomic E-state index is -0.431. The number of aromatic amines is 1. The van der Waals surface area contributed by atoms with Crippen molar-refractivity contribution in [3.8, 4) is 0 Å². The second kappa shape index (κ2) is 5.61. The highest BCUT2D eigenvalue weighted by Gasteiger charge is 2.06. The summed E-state index contributed by atoms with van der Waals surface area (Å²) in [4.78, 5) is 38.3. The fraction of sp³-hybridized carbons (Fsp3) is 0.273. The normalized spacial score (nSPS) is 10.4. The summed E-state index contributed by atoms with van der Waals surface area (Å²) in [5, 5.41) is 7.60. The first kappa shape index (κ1) is 13.2. The highest BCUT2D eigenvalue weighted by molar-refractivity contribution is 7.09. The summed E-state index contributed by atoms with van der Waals surface area (Å²) in [6.45, 7) is 1.96. The predicted octanol–water partition coefficient (Wildman–Crippen LogP) is -0.382. The maximum atomic E-state index is 11.6. The molecule has 2 aromatic heterocycles. The quantitative estimate of drug-likeness (QED) is 0.797. The van der Waals surface area contributed by atoms with E-state index in [0.29, 0.717) is 6.54 Å². The van der Waals surface area contributed by atoms with Gasteiger partial charge < -0.3 is 5.32 Å². The van der Waals surface area contributed by atoms with E-state index in [1.807, 2.05) is 12.3 Å². The zero-order valence-electron chi connectivity index (χ0n) is 10.2. The van der Waals surface area contributed by atoms with Crippen LogP contribution in [0.2, 0.25) is 0 Å². The Balaban J connectivity index is 1.96. The number of amides is 1. The molecule has 0 bridgehead atoms. The van der Waals surface area contributed by atoms with Crippen LogP contribution >= 0.6 is 11.3 Å². The average Bonchev–Trinajstić information content (AvgIpc) is 2.77. The van der Waals surface area contributed by atoms with Gasteiger partial charge in [0, 0.05) is 23.2 Å². The molecule has 0 aromatic carbocycles. The summed E-state index contributed by atoms with van der Waals surface area (Å²) >= 11 is 1.45. The van der Waals surface area contributed by atoms with Crippen molar-refractivity contribution in [3.63, 3.8) is 0 Å². The predicted molar refractivity (Wildman–Crippen MR) is 70.0 cm³/mol. The first-order valence-electron chi connectivity index (χ1n) is 5.52. The first-order valence-corrected chi connectivity index (χ1v) is 6.40. The fourth-order valence-electron chi connectivity index (χ4n) is 1.44. The number of hydrogen-bond donors (Lipinski definition) is 2. The van der Waals surface area contributed by atoms with Crippen molar-refractivity contribution in [1.82, 2.24) is 20.1 Å². The van der Waals surface area contributed by atoms with E-state index >= 15 is 0 Å². The van der Waals surface area contributed by atoms with E-state index in [1.165, 1.54) is 11.3 Å². The van der Waals surface area contributed by atoms with Gasteiger partial charge in [-0.3, -0.25) is 19.5 Å². The Labute approximate surface area is 111 Å². The number of nitrogens with zero attached hydrogens (tertiary/aromatic N) is 2. The van der Waals surface area contributed by atoms with E-state index in [-0.39, 0.29) is 12.5 Å². The molecule has 0 saturated heterocycles. The summed E-state index contributed by atoms with van der Waals surface area (Å²) in [5.41, 5.74) is 0.0423. The van der Waals surface area contributed by atoms with Gasteiger partial charge in [0.1, 0.15) is 11.6 Å². The highest BCUT2D eigenvalue weighted by atomic mass is 32.1. The lowest BCUT2D eigenvalue weighted by Gasteiger charge is -2.05. The van der Waals surface area contributed by atoms with Gasteiger partial charge in [-0.15, -0.1) is 11.3 Å². The summed E-state index contributed by atoms with van der Waals surface area (Å²) in [5.74, 6) is -0.364. The van der Waals surface area contributed by atoms with E-state index in [0.717, 1.165) is 27.5 Å². The molecule has 7 nitrogen and oxygen atoms in total. The zero-order valence-corrected chi connectivity index (χ0v) is 11.0. The first-order chi connectivity index (χ1) is 9.04. The van der Waals surface area contributed by atoms with E-state index in [9.17, 15) is 14.4 Å². The van der Waals surface area contributed by atoms with E-state index in [1.54, 1.807) is 0 Å². The molecule has 0 spiro atoms. The van der Waals surface area contributed by atoms with Crippen LogP contribution in [-0.4, -0.2) is 20.7 Å². The lowest BCUT2D eigenvalue weighted by Crippen LogP contribution is -2.35. The zero-order chi connectivity index (χ0) is 13.8. The SMILES string of the molecule is Cc1csc(CNC(=O)Cn2[nH]c(=O)ccc2=O)n1. The molecule has 0 aliphatic rings. The molecule has 1 amide bonds. The molecule has 19 heavy (non-hydrogen) atoms. The Kier molecular flexibility index (Phi) is 3.91. The van der Waals surface area contributed by atoms with Gasteiger partial charge in [0.2, 0.25) is 5.91 Å². The topological polar surface area (TPSA) is 96.9 Å². The lowest BCUT2D eigenvalue weighted by molar-refractivity contribution is -0.122. The third-order valence-corrected chi connectivity index (χ3v) is 3.26. The molecule has 2 aromatic rings. The molecule has 8 heteroatoms. The number of aryl methyl sites for hydroxylation is 1. The number of hydrogen-bond acceptors (Lipinski definition) is 5. The van der Waals surface area contributed by atoms with E-state index in [2.05, 4.69) is 15.4 Å². The van der Waals surface area contributed by atoms with Crippen molar-refractivity contribution >= 4 is 17.2 Å². The van der Waals surface area contributed by atoms with Crippen molar-refractivity contribution in [3.05, 3.63) is 48.9 Å². The van der Waals surface area contributed by atoms with E-state index < -0.39 is 11.1 Å². The molecule has 0 unspecified atom stereocenters. The maximum absolute atomic E-state index is 11.6. The Morgan fingerprint density at radius 3 is 2.95 bits per heavy atom. The van der Waals surface area contributed by atoms with Crippen LogP contribution in [0.1, 0.15) is 10.7 Å². The van der Waals surface area contributed by atoms with Crippen LogP contribution in [0.15, 0.2) is 27.1 Å². The number of H-pyrrole nitrogens is 1. The monoisotopic (exact) mass is 280 g/mol. The van der Waals surface area contributed by atoms with Crippen molar-refractivity contribution in [2.75, 3.05) is 0 Å². The minimum absolute atomic E-state index is 0.223. The van der Waals surface area contributed by atoms with Gasteiger partial charge in [0.15, 0.2) is 0 Å². The molecule has 0 saturated carbocycles. The molecule has 0 radical (unpaired) electrons. The van der Waals surface area contributed by atoms with Crippen LogP contribution in [0.3, 0.4) is 0 Å². The molecular formula is C11H12N4O3S. The number of thiazole rings is 1. The second-order valence-electron chi connectivity index (χ2n) is 3.89. The summed E-state index contributed by atoms with van der Waals surface area (Å²) in [6, 6.07) is 2.24. The Hall–Kier alpha value is -2.22. The van der Waals surface area contributed by atoms with Crippen LogP contribution in [0.25, 0.3) is 0 Å². The number of rotatable bonds is 4. The van der Waals surface area contributed by atoms with Crippen LogP contribution < -0.4 is 16.4 Å². The van der Waals surface area contributed by atoms with Crippen LogP contribution in [-0.2, 0) is 17.9 Å². The Morgan fingerprint density at radius 1 is 1.47 bits per heavy atom. The Morgan fingerprint density at radius 2 is 2.26 bits per heavy atom. The molecule has 0 aliphatic carbocycles. The summed E-state index contributed by atoms with van der Waals surface area (Å²) in [6.07, 6.45) is 0. The second-order valence-corrected chi connectivity index (χ2v) is 4.84. The highest BCUT2D eigenvalue weighted by Crippen LogP contribution is 2.07. The molecule has 2 N–H and O–H groups in total. The van der Waals surface area contributed by atoms with Crippen molar-refractivity contribution in [2.45, 2.75) is 20.0 Å². The number of aromatic nitrogens is 3. The Bertz CT molecular complexity index is 700. The summed E-state index contributed by atoms with van der Waals surface area (Å²) < 4.78 is 0.963. The lowest BCUT2D eigenvalue weighted by atomic mass is 10.5. The molecule has 100 valence electrons. The van der Waals surface area contributed by atoms with E-state index in [4.69, 9.17) is 0 Å². The van der Waals surface area contributed by atoms with Gasteiger partial charge >= 0.3 is 0 Å². The minimum Gasteiger partial charge on any atom is -0.348 e. The molecule has 0 fully saturated rings. The molecule has 2 rings (SSSR count). The summed E-state index contributed by atoms with van der Waals surface area (Å²) in [7, 11) is 0. The van der Waals surface area contributed by atoms with Crippen molar-refractivity contribution in [2.24, 2.45) is 0 Å². The number of carbonyl (C=O) groups excluding carboxylic acids is 1. The average molecular weight is 280 g/mol. The molecule has 0 aliphatic heterocycles. The van der Waals surface area contributed by atoms with Gasteiger partial charge in [0.25, 0.3) is 11.1 Å². The number of nitrogens with one attached hydrogen (secondary N) is 2. The third kappa shape index (κ3) is 3.62. The molecule has 2 heterocycles. The van der Waals surface area contributed by atoms with Crippen LogP contribution in [0.5, 0.6) is 0 Å². The largest absolute Gasteiger partial charge is 0.348 e. The molecule has 0 atom stereocenters. The van der Waals surface area contributed by atoms with Crippen LogP contribution in [0.4, 0.5) is 0 Å². The smallest absolute Gasteiger partial charge is 0.265 e. The standard InChI is InChI=1S/C11H12N4O3S/c1-7-6-19-10(13-7)4-12-9(17)5-15-11(18)3-2-8(16)14-15/h2-3,6H,4-5H2,1H3,(H,12,17)(H,14,16). The van der Waals surface area contributed by atoms with Gasteiger partial charge in [0.05, 0.1) is 6.54 Å². The van der Waals surface area contributed by atoms with Crippen molar-refractivity contribution in [1.29, 1.82) is 0 Å². The van der Waals surface area contributed by atoms with Gasteiger partial charge in [-0.1, -0.05) is 0 Å². The third-order valence-electron chi connectivity index (χ3n) is 2.29. The van der Waals surface area contributed by atoms with Crippen LogP contribution in [0, 0.1) is 6.92 Å². The maximum Gasteiger partial charge on any atom is 0.265 e. The molecular weight excluding hydrogens is 268 g/mol. The van der Waals surface area contributed by atoms with Gasteiger partial charge in [-0.2, -0.15) is 0 Å². The van der Waals surface area contributed by atoms with Gasteiger partial charge in [-0.25, -0.2) is 9.67 Å². The van der Waals surface area contributed by atoms with Gasteiger partial charge in [-0.05, 0) is 6.92 Å².